The molecule has 1 aliphatic rings. The first-order valence-corrected chi connectivity index (χ1v) is 6.41. The summed E-state index contributed by atoms with van der Waals surface area (Å²) in [6, 6.07) is 5.86. The van der Waals surface area contributed by atoms with Gasteiger partial charge in [0.25, 0.3) is 0 Å². The molecule has 1 fully saturated rings. The Labute approximate surface area is 103 Å². The number of benzene rings is 1. The normalized spacial score (nSPS) is 17.6. The standard InChI is InChI=1S/C14H21FN2/c1-17(12-7-3-2-4-8-12)10-11-6-5-9-13(16)14(11)15/h5-6,9,12H,2-4,7-8,10,16H2,1H3. The predicted molar refractivity (Wildman–Crippen MR) is 69.2 cm³/mol. The van der Waals surface area contributed by atoms with Gasteiger partial charge in [0.2, 0.25) is 0 Å². The number of hydrogen-bond acceptors (Lipinski definition) is 2. The number of anilines is 1. The van der Waals surface area contributed by atoms with Gasteiger partial charge >= 0.3 is 0 Å². The van der Waals surface area contributed by atoms with Crippen LogP contribution in [0.3, 0.4) is 0 Å². The maximum absolute atomic E-state index is 13.8. The summed E-state index contributed by atoms with van der Waals surface area (Å²) in [6.45, 7) is 0.654. The van der Waals surface area contributed by atoms with Crippen LogP contribution in [0.15, 0.2) is 18.2 Å². The number of nitrogen functional groups attached to an aromatic ring is 1. The number of nitrogens with zero attached hydrogens (tertiary/aromatic N) is 1. The van der Waals surface area contributed by atoms with Crippen LogP contribution in [0.5, 0.6) is 0 Å². The van der Waals surface area contributed by atoms with Crippen LogP contribution in [0.2, 0.25) is 0 Å². The molecule has 17 heavy (non-hydrogen) atoms. The van der Waals surface area contributed by atoms with Crippen molar-refractivity contribution >= 4 is 5.69 Å². The van der Waals surface area contributed by atoms with E-state index < -0.39 is 0 Å². The second-order valence-electron chi connectivity index (χ2n) is 5.03. The van der Waals surface area contributed by atoms with Gasteiger partial charge in [0.05, 0.1) is 5.69 Å². The molecule has 0 atom stereocenters. The molecule has 2 nitrogen and oxygen atoms in total. The van der Waals surface area contributed by atoms with Crippen LogP contribution < -0.4 is 5.73 Å². The third kappa shape index (κ3) is 2.97. The van der Waals surface area contributed by atoms with Gasteiger partial charge in [0.15, 0.2) is 5.82 Å². The van der Waals surface area contributed by atoms with E-state index in [-0.39, 0.29) is 11.5 Å². The molecule has 3 heteroatoms. The molecule has 2 rings (SSSR count). The van der Waals surface area contributed by atoms with Crippen LogP contribution in [0.1, 0.15) is 37.7 Å². The first kappa shape index (κ1) is 12.4. The van der Waals surface area contributed by atoms with E-state index in [9.17, 15) is 4.39 Å². The summed E-state index contributed by atoms with van der Waals surface area (Å²) in [7, 11) is 2.08. The fourth-order valence-corrected chi connectivity index (χ4v) is 2.64. The first-order chi connectivity index (χ1) is 8.18. The van der Waals surface area contributed by atoms with Gasteiger partial charge in [-0.3, -0.25) is 4.90 Å². The Hall–Kier alpha value is -1.09. The summed E-state index contributed by atoms with van der Waals surface area (Å²) in [5.74, 6) is -0.254. The van der Waals surface area contributed by atoms with Crippen LogP contribution in [0, 0.1) is 5.82 Å². The van der Waals surface area contributed by atoms with Gasteiger partial charge in [-0.05, 0) is 26.0 Å². The van der Waals surface area contributed by atoms with Gasteiger partial charge in [0, 0.05) is 18.2 Å². The largest absolute Gasteiger partial charge is 0.396 e. The van der Waals surface area contributed by atoms with Crippen molar-refractivity contribution in [2.75, 3.05) is 12.8 Å². The van der Waals surface area contributed by atoms with E-state index in [0.717, 1.165) is 0 Å². The Morgan fingerprint density at radius 3 is 2.71 bits per heavy atom. The minimum Gasteiger partial charge on any atom is -0.396 e. The van der Waals surface area contributed by atoms with Crippen molar-refractivity contribution in [3.63, 3.8) is 0 Å². The van der Waals surface area contributed by atoms with Crippen molar-refractivity contribution in [3.05, 3.63) is 29.6 Å². The average molecular weight is 236 g/mol. The minimum atomic E-state index is -0.254. The monoisotopic (exact) mass is 236 g/mol. The molecule has 0 spiro atoms. The van der Waals surface area contributed by atoms with E-state index in [0.29, 0.717) is 18.2 Å². The predicted octanol–water partition coefficient (Wildman–Crippen LogP) is 3.17. The topological polar surface area (TPSA) is 29.3 Å². The van der Waals surface area contributed by atoms with E-state index in [1.165, 1.54) is 32.1 Å². The molecule has 1 aromatic rings. The lowest BCUT2D eigenvalue weighted by atomic mass is 9.94. The Kier molecular flexibility index (Phi) is 4.00. The van der Waals surface area contributed by atoms with Gasteiger partial charge < -0.3 is 5.73 Å². The maximum Gasteiger partial charge on any atom is 0.150 e. The molecule has 94 valence electrons. The van der Waals surface area contributed by atoms with E-state index in [1.807, 2.05) is 12.1 Å². The highest BCUT2D eigenvalue weighted by Crippen LogP contribution is 2.24. The molecule has 1 aliphatic carbocycles. The van der Waals surface area contributed by atoms with Crippen LogP contribution in [0.4, 0.5) is 10.1 Å². The van der Waals surface area contributed by atoms with Crippen molar-refractivity contribution in [2.24, 2.45) is 0 Å². The molecule has 0 unspecified atom stereocenters. The summed E-state index contributed by atoms with van der Waals surface area (Å²) < 4.78 is 13.8. The zero-order valence-corrected chi connectivity index (χ0v) is 10.5. The van der Waals surface area contributed by atoms with E-state index in [4.69, 9.17) is 5.73 Å². The smallest absolute Gasteiger partial charge is 0.150 e. The van der Waals surface area contributed by atoms with Gasteiger partial charge in [-0.15, -0.1) is 0 Å². The van der Waals surface area contributed by atoms with Gasteiger partial charge in [-0.25, -0.2) is 4.39 Å². The van der Waals surface area contributed by atoms with E-state index in [1.54, 1.807) is 6.07 Å². The van der Waals surface area contributed by atoms with E-state index in [2.05, 4.69) is 11.9 Å². The molecule has 0 bridgehead atoms. The molecule has 0 heterocycles. The lowest BCUT2D eigenvalue weighted by Gasteiger charge is -2.31. The second-order valence-corrected chi connectivity index (χ2v) is 5.03. The molecule has 2 N–H and O–H groups in total. The third-order valence-corrected chi connectivity index (χ3v) is 3.73. The Morgan fingerprint density at radius 2 is 2.00 bits per heavy atom. The number of hydrogen-bond donors (Lipinski definition) is 1. The number of rotatable bonds is 3. The lowest BCUT2D eigenvalue weighted by molar-refractivity contribution is 0.183. The minimum absolute atomic E-state index is 0.250. The SMILES string of the molecule is CN(Cc1cccc(N)c1F)C1CCCCC1. The summed E-state index contributed by atoms with van der Waals surface area (Å²) in [5.41, 5.74) is 6.54. The molecular weight excluding hydrogens is 215 g/mol. The van der Waals surface area contributed by atoms with Gasteiger partial charge in [-0.2, -0.15) is 0 Å². The first-order valence-electron chi connectivity index (χ1n) is 6.41. The van der Waals surface area contributed by atoms with Gasteiger partial charge in [0.1, 0.15) is 0 Å². The summed E-state index contributed by atoms with van der Waals surface area (Å²) in [5, 5.41) is 0. The zero-order valence-electron chi connectivity index (χ0n) is 10.5. The van der Waals surface area contributed by atoms with E-state index >= 15 is 0 Å². The molecule has 0 amide bonds. The Balaban J connectivity index is 2.01. The third-order valence-electron chi connectivity index (χ3n) is 3.73. The van der Waals surface area contributed by atoms with Crippen LogP contribution >= 0.6 is 0 Å². The molecule has 1 aromatic carbocycles. The maximum atomic E-state index is 13.8. The highest BCUT2D eigenvalue weighted by molar-refractivity contribution is 5.42. The van der Waals surface area contributed by atoms with Crippen LogP contribution in [0.25, 0.3) is 0 Å². The molecule has 0 radical (unpaired) electrons. The molecule has 0 saturated heterocycles. The molecule has 1 saturated carbocycles. The van der Waals surface area contributed by atoms with Gasteiger partial charge in [-0.1, -0.05) is 31.4 Å². The number of nitrogens with two attached hydrogens (primary N) is 1. The van der Waals surface area contributed by atoms with Crippen molar-refractivity contribution in [3.8, 4) is 0 Å². The zero-order chi connectivity index (χ0) is 12.3. The fourth-order valence-electron chi connectivity index (χ4n) is 2.64. The van der Waals surface area contributed by atoms with Crippen LogP contribution in [-0.2, 0) is 6.54 Å². The lowest BCUT2D eigenvalue weighted by Crippen LogP contribution is -2.33. The summed E-state index contributed by atoms with van der Waals surface area (Å²) in [6.07, 6.45) is 6.42. The highest BCUT2D eigenvalue weighted by Gasteiger charge is 2.19. The summed E-state index contributed by atoms with van der Waals surface area (Å²) in [4.78, 5) is 2.26. The summed E-state index contributed by atoms with van der Waals surface area (Å²) >= 11 is 0. The van der Waals surface area contributed by atoms with Crippen molar-refractivity contribution in [2.45, 2.75) is 44.7 Å². The quantitative estimate of drug-likeness (QED) is 0.817. The Bertz CT molecular complexity index is 372. The van der Waals surface area contributed by atoms with Crippen molar-refractivity contribution in [1.82, 2.24) is 4.90 Å². The van der Waals surface area contributed by atoms with Crippen molar-refractivity contribution in [1.29, 1.82) is 0 Å². The fraction of sp³-hybridized carbons (Fsp3) is 0.571. The van der Waals surface area contributed by atoms with Crippen molar-refractivity contribution < 1.29 is 4.39 Å². The molecular formula is C14H21FN2. The van der Waals surface area contributed by atoms with Crippen LogP contribution in [-0.4, -0.2) is 18.0 Å². The number of halogens is 1. The Morgan fingerprint density at radius 1 is 1.29 bits per heavy atom. The second kappa shape index (κ2) is 5.50. The molecule has 0 aromatic heterocycles. The highest BCUT2D eigenvalue weighted by atomic mass is 19.1. The average Bonchev–Trinajstić information content (AvgIpc) is 2.36. The molecule has 0 aliphatic heterocycles.